The molecule has 0 amide bonds. The van der Waals surface area contributed by atoms with Crippen molar-refractivity contribution in [3.63, 3.8) is 0 Å². The van der Waals surface area contributed by atoms with E-state index in [0.717, 1.165) is 11.4 Å². The average molecular weight is 330 g/mol. The number of benzene rings is 2. The summed E-state index contributed by atoms with van der Waals surface area (Å²) in [6.45, 7) is 13.7. The van der Waals surface area contributed by atoms with Crippen molar-refractivity contribution in [1.82, 2.24) is 0 Å². The van der Waals surface area contributed by atoms with Crippen LogP contribution >= 0.6 is 0 Å². The van der Waals surface area contributed by atoms with Crippen molar-refractivity contribution in [3.8, 4) is 0 Å². The fourth-order valence-electron chi connectivity index (χ4n) is 4.93. The molecule has 2 aromatic rings. The molecule has 2 aliphatic rings. The summed E-state index contributed by atoms with van der Waals surface area (Å²) in [5, 5.41) is 0. The van der Waals surface area contributed by atoms with Crippen LogP contribution in [-0.2, 0) is 10.8 Å². The molecule has 0 saturated carbocycles. The van der Waals surface area contributed by atoms with Gasteiger partial charge in [-0.2, -0.15) is 0 Å². The molecular formula is C23H26N2. The van der Waals surface area contributed by atoms with Crippen molar-refractivity contribution in [2.75, 3.05) is 0 Å². The first-order chi connectivity index (χ1) is 11.7. The Morgan fingerprint density at radius 2 is 1.00 bits per heavy atom. The van der Waals surface area contributed by atoms with E-state index in [1.54, 1.807) is 0 Å². The summed E-state index contributed by atoms with van der Waals surface area (Å²) in [5.41, 5.74) is 6.85. The maximum Gasteiger partial charge on any atom is 0.0671 e. The molecule has 0 spiro atoms. The lowest BCUT2D eigenvalue weighted by Crippen LogP contribution is -2.47. The van der Waals surface area contributed by atoms with Gasteiger partial charge in [0.15, 0.2) is 0 Å². The number of hydrogen-bond acceptors (Lipinski definition) is 2. The highest BCUT2D eigenvalue weighted by molar-refractivity contribution is 6.22. The number of rotatable bonds is 2. The molecule has 2 heteroatoms. The number of hydrogen-bond donors (Lipinski definition) is 0. The molecule has 128 valence electrons. The summed E-state index contributed by atoms with van der Waals surface area (Å²) < 4.78 is 0. The van der Waals surface area contributed by atoms with Crippen LogP contribution in [0.15, 0.2) is 58.5 Å². The largest absolute Gasteiger partial charge is 0.256 e. The zero-order valence-corrected chi connectivity index (χ0v) is 16.0. The number of fused-ring (bicyclic) bond motifs is 2. The van der Waals surface area contributed by atoms with Crippen LogP contribution in [0.4, 0.5) is 11.4 Å². The van der Waals surface area contributed by atoms with Gasteiger partial charge in [0.2, 0.25) is 0 Å². The summed E-state index contributed by atoms with van der Waals surface area (Å²) in [6, 6.07) is 17.0. The van der Waals surface area contributed by atoms with Crippen molar-refractivity contribution in [2.24, 2.45) is 15.4 Å². The summed E-state index contributed by atoms with van der Waals surface area (Å²) in [7, 11) is 0. The molecule has 0 atom stereocenters. The third kappa shape index (κ3) is 2.09. The highest BCUT2D eigenvalue weighted by Gasteiger charge is 2.50. The van der Waals surface area contributed by atoms with Crippen molar-refractivity contribution in [1.29, 1.82) is 0 Å². The van der Waals surface area contributed by atoms with Crippen LogP contribution in [0.5, 0.6) is 0 Å². The standard InChI is InChI=1S/C23H26N2/c1-21(2)15-11-7-9-13-17(15)24-19(21)23(5,6)20-22(3,4)16-12-8-10-14-18(16)25-20/h7-14H,1-6H3. The molecule has 0 saturated heterocycles. The second-order valence-corrected chi connectivity index (χ2v) is 8.83. The van der Waals surface area contributed by atoms with Crippen LogP contribution in [0.1, 0.15) is 52.7 Å². The Balaban J connectivity index is 1.85. The Hall–Kier alpha value is -2.22. The lowest BCUT2D eigenvalue weighted by molar-refractivity contribution is 0.578. The molecule has 2 nitrogen and oxygen atoms in total. The van der Waals surface area contributed by atoms with Crippen molar-refractivity contribution < 1.29 is 0 Å². The third-order valence-corrected chi connectivity index (χ3v) is 5.99. The van der Waals surface area contributed by atoms with Crippen LogP contribution in [0.25, 0.3) is 0 Å². The van der Waals surface area contributed by atoms with Crippen LogP contribution < -0.4 is 0 Å². The van der Waals surface area contributed by atoms with Crippen LogP contribution in [0, 0.1) is 5.41 Å². The Morgan fingerprint density at radius 3 is 1.36 bits per heavy atom. The predicted molar refractivity (Wildman–Crippen MR) is 107 cm³/mol. The van der Waals surface area contributed by atoms with Gasteiger partial charge in [-0.05, 0) is 37.1 Å². The molecule has 0 fully saturated rings. The molecule has 0 N–H and O–H groups in total. The maximum atomic E-state index is 5.08. The third-order valence-electron chi connectivity index (χ3n) is 5.99. The minimum atomic E-state index is -0.217. The van der Waals surface area contributed by atoms with E-state index in [-0.39, 0.29) is 16.2 Å². The summed E-state index contributed by atoms with van der Waals surface area (Å²) in [6.07, 6.45) is 0. The topological polar surface area (TPSA) is 24.7 Å². The molecule has 0 aromatic heterocycles. The van der Waals surface area contributed by atoms with Gasteiger partial charge in [-0.15, -0.1) is 0 Å². The van der Waals surface area contributed by atoms with E-state index in [9.17, 15) is 0 Å². The minimum Gasteiger partial charge on any atom is -0.256 e. The van der Waals surface area contributed by atoms with Gasteiger partial charge in [-0.25, -0.2) is 0 Å². The highest BCUT2D eigenvalue weighted by atomic mass is 14.9. The number of nitrogens with zero attached hydrogens (tertiary/aromatic N) is 2. The Kier molecular flexibility index (Phi) is 3.19. The van der Waals surface area contributed by atoms with Crippen molar-refractivity contribution in [2.45, 2.75) is 52.4 Å². The van der Waals surface area contributed by atoms with Crippen LogP contribution in [0.2, 0.25) is 0 Å². The van der Waals surface area contributed by atoms with E-state index in [4.69, 9.17) is 9.98 Å². The van der Waals surface area contributed by atoms with Crippen LogP contribution in [-0.4, -0.2) is 11.4 Å². The first kappa shape index (κ1) is 16.3. The smallest absolute Gasteiger partial charge is 0.0671 e. The monoisotopic (exact) mass is 330 g/mol. The molecule has 2 aliphatic heterocycles. The fraction of sp³-hybridized carbons (Fsp3) is 0.391. The zero-order chi connectivity index (χ0) is 18.0. The molecule has 2 aromatic carbocycles. The average Bonchev–Trinajstić information content (AvgIpc) is 3.00. The van der Waals surface area contributed by atoms with Gasteiger partial charge in [0.1, 0.15) is 0 Å². The minimum absolute atomic E-state index is 0.0898. The maximum absolute atomic E-state index is 5.08. The quantitative estimate of drug-likeness (QED) is 0.632. The predicted octanol–water partition coefficient (Wildman–Crippen LogP) is 6.14. The van der Waals surface area contributed by atoms with E-state index in [1.807, 2.05) is 0 Å². The molecule has 0 unspecified atom stereocenters. The van der Waals surface area contributed by atoms with E-state index >= 15 is 0 Å². The van der Waals surface area contributed by atoms with Gasteiger partial charge >= 0.3 is 0 Å². The lowest BCUT2D eigenvalue weighted by atomic mass is 9.63. The second kappa shape index (κ2) is 4.91. The second-order valence-electron chi connectivity index (χ2n) is 8.83. The van der Waals surface area contributed by atoms with Crippen molar-refractivity contribution >= 4 is 22.8 Å². The van der Waals surface area contributed by atoms with Gasteiger partial charge in [0.25, 0.3) is 0 Å². The Morgan fingerprint density at radius 1 is 0.640 bits per heavy atom. The molecule has 0 bridgehead atoms. The molecular weight excluding hydrogens is 304 g/mol. The molecule has 0 radical (unpaired) electrons. The molecule has 25 heavy (non-hydrogen) atoms. The van der Waals surface area contributed by atoms with Gasteiger partial charge in [0.05, 0.1) is 11.4 Å². The van der Waals surface area contributed by atoms with E-state index in [0.29, 0.717) is 0 Å². The summed E-state index contributed by atoms with van der Waals surface area (Å²) in [4.78, 5) is 10.2. The number of aliphatic imine (C=N–C) groups is 2. The molecule has 2 heterocycles. The van der Waals surface area contributed by atoms with E-state index in [1.165, 1.54) is 22.6 Å². The van der Waals surface area contributed by atoms with Gasteiger partial charge < -0.3 is 0 Å². The molecule has 0 aliphatic carbocycles. The zero-order valence-electron chi connectivity index (χ0n) is 16.0. The summed E-state index contributed by atoms with van der Waals surface area (Å²) >= 11 is 0. The Bertz CT molecular complexity index is 851. The first-order valence-electron chi connectivity index (χ1n) is 9.05. The highest BCUT2D eigenvalue weighted by Crippen LogP contribution is 2.51. The van der Waals surface area contributed by atoms with E-state index < -0.39 is 0 Å². The lowest BCUT2D eigenvalue weighted by Gasteiger charge is -2.39. The van der Waals surface area contributed by atoms with Gasteiger partial charge in [-0.1, -0.05) is 64.1 Å². The van der Waals surface area contributed by atoms with E-state index in [2.05, 4.69) is 90.1 Å². The SMILES string of the molecule is CC(C)(C1=Nc2ccccc2C1(C)C)C1=Nc2ccccc2C1(C)C. The van der Waals surface area contributed by atoms with Gasteiger partial charge in [0, 0.05) is 27.7 Å². The summed E-state index contributed by atoms with van der Waals surface area (Å²) in [5.74, 6) is 0. The van der Waals surface area contributed by atoms with Crippen molar-refractivity contribution in [3.05, 3.63) is 59.7 Å². The van der Waals surface area contributed by atoms with Crippen LogP contribution in [0.3, 0.4) is 0 Å². The van der Waals surface area contributed by atoms with Gasteiger partial charge in [-0.3, -0.25) is 9.98 Å². The fourth-order valence-corrected chi connectivity index (χ4v) is 4.93. The number of para-hydroxylation sites is 2. The molecule has 4 rings (SSSR count). The normalized spacial score (nSPS) is 19.9. The Labute approximate surface area is 150 Å². The first-order valence-corrected chi connectivity index (χ1v) is 9.05.